The van der Waals surface area contributed by atoms with E-state index in [2.05, 4.69) is 25.8 Å². The molecule has 11 heteroatoms. The van der Waals surface area contributed by atoms with Gasteiger partial charge in [-0.3, -0.25) is 9.69 Å². The molecule has 220 valence electrons. The summed E-state index contributed by atoms with van der Waals surface area (Å²) in [4.78, 5) is 29.5. The molecule has 0 saturated heterocycles. The van der Waals surface area contributed by atoms with Gasteiger partial charge in [0.05, 0.1) is 17.1 Å². The summed E-state index contributed by atoms with van der Waals surface area (Å²) in [6.07, 6.45) is -0.903. The lowest BCUT2D eigenvalue weighted by atomic mass is 9.87. The second-order valence-corrected chi connectivity index (χ2v) is 13.6. The van der Waals surface area contributed by atoms with Gasteiger partial charge in [0.25, 0.3) is 0 Å². The maximum absolute atomic E-state index is 13.7. The van der Waals surface area contributed by atoms with Crippen molar-refractivity contribution in [2.45, 2.75) is 70.5 Å². The molecule has 0 fully saturated rings. The number of pyridine rings is 1. The second-order valence-electron chi connectivity index (χ2n) is 11.6. The Hall–Kier alpha value is -3.83. The van der Waals surface area contributed by atoms with E-state index in [1.165, 1.54) is 22.5 Å². The lowest BCUT2D eigenvalue weighted by Crippen LogP contribution is -2.40. The number of carboxylic acid groups (broad SMARTS) is 1. The molecule has 9 nitrogen and oxygen atoms in total. The smallest absolute Gasteiger partial charge is 0.416 e. The van der Waals surface area contributed by atoms with Crippen molar-refractivity contribution in [2.24, 2.45) is 0 Å². The number of hydrogen-bond acceptors (Lipinski definition) is 6. The van der Waals surface area contributed by atoms with Gasteiger partial charge in [-0.15, -0.1) is 0 Å². The number of carbonyl (C=O) groups is 2. The van der Waals surface area contributed by atoms with Gasteiger partial charge in [0, 0.05) is 6.54 Å². The molecule has 1 heterocycles. The van der Waals surface area contributed by atoms with E-state index in [1.54, 1.807) is 32.9 Å². The predicted molar refractivity (Wildman–Crippen MR) is 153 cm³/mol. The normalized spacial score (nSPS) is 12.3. The Balaban J connectivity index is 2.00. The molecule has 1 amide bonds. The third-order valence-corrected chi connectivity index (χ3v) is 7.75. The number of anilines is 1. The number of carboxylic acids is 1. The highest BCUT2D eigenvalue weighted by atomic mass is 32.2. The number of amides is 1. The molecule has 0 aliphatic heterocycles. The zero-order chi connectivity index (χ0) is 30.6. The van der Waals surface area contributed by atoms with Gasteiger partial charge in [0.15, 0.2) is 0 Å². The lowest BCUT2D eigenvalue weighted by molar-refractivity contribution is -0.135. The van der Waals surface area contributed by atoms with Crippen LogP contribution in [0.2, 0.25) is 0 Å². The van der Waals surface area contributed by atoms with E-state index in [1.807, 2.05) is 24.3 Å². The van der Waals surface area contributed by atoms with E-state index in [0.717, 1.165) is 28.2 Å². The van der Waals surface area contributed by atoms with E-state index >= 15 is 0 Å². The quantitative estimate of drug-likeness (QED) is 0.341. The number of halogens is 1. The molecule has 1 aromatic heterocycles. The molecule has 1 N–H and O–H groups in total. The number of ether oxygens (including phenoxy) is 1. The van der Waals surface area contributed by atoms with Crippen LogP contribution >= 0.6 is 0 Å². The van der Waals surface area contributed by atoms with Crippen LogP contribution in [0.3, 0.4) is 0 Å². The molecule has 3 rings (SSSR count). The van der Waals surface area contributed by atoms with Crippen molar-refractivity contribution >= 4 is 27.9 Å². The van der Waals surface area contributed by atoms with Crippen LogP contribution in [0.15, 0.2) is 71.6 Å². The molecule has 0 spiro atoms. The van der Waals surface area contributed by atoms with Crippen LogP contribution in [0, 0.1) is 5.82 Å². The largest absolute Gasteiger partial charge is 0.480 e. The summed E-state index contributed by atoms with van der Waals surface area (Å²) in [6, 6.07) is 16.7. The summed E-state index contributed by atoms with van der Waals surface area (Å²) in [5.74, 6) is -1.85. The molecule has 41 heavy (non-hydrogen) atoms. The van der Waals surface area contributed by atoms with Crippen molar-refractivity contribution in [2.75, 3.05) is 11.4 Å². The van der Waals surface area contributed by atoms with E-state index in [4.69, 9.17) is 4.74 Å². The fourth-order valence-corrected chi connectivity index (χ4v) is 5.27. The van der Waals surface area contributed by atoms with Crippen molar-refractivity contribution in [3.05, 3.63) is 89.4 Å². The SMILES string of the molecule is CC(C)(C)OC(=O)N(CC(=O)O)c1cccc(CN(Cc2ccc(C(C)(C)C)cc2)S(=O)(=O)c2ccc(F)cc2)n1. The highest BCUT2D eigenvalue weighted by Crippen LogP contribution is 2.26. The Morgan fingerprint density at radius 2 is 1.51 bits per heavy atom. The average molecular weight is 586 g/mol. The van der Waals surface area contributed by atoms with Crippen LogP contribution in [0.1, 0.15) is 58.4 Å². The second kappa shape index (κ2) is 12.4. The lowest BCUT2D eigenvalue weighted by Gasteiger charge is -2.26. The fraction of sp³-hybridized carbons (Fsp3) is 0.367. The Morgan fingerprint density at radius 1 is 0.902 bits per heavy atom. The number of aromatic nitrogens is 1. The average Bonchev–Trinajstić information content (AvgIpc) is 2.86. The van der Waals surface area contributed by atoms with Gasteiger partial charge < -0.3 is 9.84 Å². The van der Waals surface area contributed by atoms with Crippen molar-refractivity contribution in [3.8, 4) is 0 Å². The maximum Gasteiger partial charge on any atom is 0.416 e. The number of carbonyl (C=O) groups excluding carboxylic acids is 1. The van der Waals surface area contributed by atoms with Gasteiger partial charge in [-0.1, -0.05) is 51.1 Å². The van der Waals surface area contributed by atoms with Crippen LogP contribution in [-0.2, 0) is 38.1 Å². The van der Waals surface area contributed by atoms with Crippen LogP contribution < -0.4 is 4.90 Å². The predicted octanol–water partition coefficient (Wildman–Crippen LogP) is 5.74. The van der Waals surface area contributed by atoms with Gasteiger partial charge in [0.1, 0.15) is 23.8 Å². The first-order chi connectivity index (χ1) is 19.0. The Kier molecular flexibility index (Phi) is 9.55. The summed E-state index contributed by atoms with van der Waals surface area (Å²) in [5, 5.41) is 9.40. The van der Waals surface area contributed by atoms with Gasteiger partial charge in [-0.25, -0.2) is 22.6 Å². The summed E-state index contributed by atoms with van der Waals surface area (Å²) in [6.45, 7) is 10.3. The maximum atomic E-state index is 13.7. The zero-order valence-corrected chi connectivity index (χ0v) is 24.9. The van der Waals surface area contributed by atoms with Crippen LogP contribution in [0.5, 0.6) is 0 Å². The van der Waals surface area contributed by atoms with Crippen molar-refractivity contribution < 1.29 is 32.2 Å². The Bertz CT molecular complexity index is 1480. The van der Waals surface area contributed by atoms with Crippen LogP contribution in [0.4, 0.5) is 15.0 Å². The molecular weight excluding hydrogens is 549 g/mol. The molecule has 0 aliphatic rings. The van der Waals surface area contributed by atoms with Crippen LogP contribution in [-0.4, -0.2) is 47.0 Å². The molecule has 0 unspecified atom stereocenters. The summed E-state index contributed by atoms with van der Waals surface area (Å²) >= 11 is 0. The third-order valence-electron chi connectivity index (χ3n) is 5.94. The first-order valence-corrected chi connectivity index (χ1v) is 14.4. The first-order valence-electron chi connectivity index (χ1n) is 13.0. The molecule has 0 saturated carbocycles. The highest BCUT2D eigenvalue weighted by Gasteiger charge is 2.29. The minimum Gasteiger partial charge on any atom is -0.480 e. The number of aliphatic carboxylic acids is 1. The van der Waals surface area contributed by atoms with E-state index in [9.17, 15) is 27.5 Å². The summed E-state index contributed by atoms with van der Waals surface area (Å²) in [5.41, 5.74) is 1.11. The number of nitrogens with zero attached hydrogens (tertiary/aromatic N) is 3. The standard InChI is InChI=1S/C30H36FN3O6S/c1-29(2,3)22-12-10-21(11-13-22)18-33(41(38,39)25-16-14-23(31)15-17-25)19-24-8-7-9-26(32-24)34(20-27(35)36)28(37)40-30(4,5)6/h7-17H,18-20H2,1-6H3,(H,35,36). The topological polar surface area (TPSA) is 117 Å². The fourth-order valence-electron chi connectivity index (χ4n) is 3.87. The van der Waals surface area contributed by atoms with Crippen LogP contribution in [0.25, 0.3) is 0 Å². The molecule has 0 atom stereocenters. The Labute approximate surface area is 240 Å². The van der Waals surface area contributed by atoms with Gasteiger partial charge in [-0.05, 0) is 73.7 Å². The third kappa shape index (κ3) is 8.83. The highest BCUT2D eigenvalue weighted by molar-refractivity contribution is 7.89. The number of benzene rings is 2. The van der Waals surface area contributed by atoms with E-state index in [0.29, 0.717) is 0 Å². The minimum absolute atomic E-state index is 0.00666. The van der Waals surface area contributed by atoms with Gasteiger partial charge in [-0.2, -0.15) is 4.31 Å². The molecule has 2 aromatic carbocycles. The molecule has 0 radical (unpaired) electrons. The van der Waals surface area contributed by atoms with Gasteiger partial charge >= 0.3 is 12.1 Å². The zero-order valence-electron chi connectivity index (χ0n) is 24.1. The summed E-state index contributed by atoms with van der Waals surface area (Å²) in [7, 11) is -4.12. The number of hydrogen-bond donors (Lipinski definition) is 1. The Morgan fingerprint density at radius 3 is 2.05 bits per heavy atom. The van der Waals surface area contributed by atoms with Crippen molar-refractivity contribution in [1.29, 1.82) is 0 Å². The summed E-state index contributed by atoms with van der Waals surface area (Å²) < 4.78 is 47.6. The number of rotatable bonds is 9. The van der Waals surface area contributed by atoms with Gasteiger partial charge in [0.2, 0.25) is 10.0 Å². The van der Waals surface area contributed by atoms with Crippen molar-refractivity contribution in [1.82, 2.24) is 9.29 Å². The monoisotopic (exact) mass is 585 g/mol. The van der Waals surface area contributed by atoms with E-state index < -0.39 is 40.0 Å². The minimum atomic E-state index is -4.12. The number of sulfonamides is 1. The molecule has 0 aliphatic carbocycles. The van der Waals surface area contributed by atoms with E-state index in [-0.39, 0.29) is 34.9 Å². The molecular formula is C30H36FN3O6S. The first kappa shape index (κ1) is 31.7. The molecule has 3 aromatic rings. The molecule has 0 bridgehead atoms. The van der Waals surface area contributed by atoms with Crippen molar-refractivity contribution in [3.63, 3.8) is 0 Å².